The van der Waals surface area contributed by atoms with Crippen molar-refractivity contribution in [2.75, 3.05) is 0 Å². The lowest BCUT2D eigenvalue weighted by atomic mass is 10.2. The number of fused-ring (bicyclic) bond motifs is 1. The molecule has 0 aliphatic carbocycles. The highest BCUT2D eigenvalue weighted by Crippen LogP contribution is 2.25. The van der Waals surface area contributed by atoms with Crippen LogP contribution in [0.5, 0.6) is 0 Å². The summed E-state index contributed by atoms with van der Waals surface area (Å²) < 4.78 is 1.39. The predicted octanol–water partition coefficient (Wildman–Crippen LogP) is 3.70. The van der Waals surface area contributed by atoms with Crippen LogP contribution in [0.2, 0.25) is 10.0 Å². The van der Waals surface area contributed by atoms with Crippen molar-refractivity contribution in [1.82, 2.24) is 9.55 Å². The van der Waals surface area contributed by atoms with Gasteiger partial charge in [-0.1, -0.05) is 23.2 Å². The Morgan fingerprint density at radius 2 is 1.83 bits per heavy atom. The van der Waals surface area contributed by atoms with Gasteiger partial charge in [-0.25, -0.2) is 9.78 Å². The summed E-state index contributed by atoms with van der Waals surface area (Å²) in [6.07, 6.45) is 0. The minimum atomic E-state index is -1.03. The number of halogens is 2. The molecule has 0 fully saturated rings. The van der Waals surface area contributed by atoms with Gasteiger partial charge >= 0.3 is 5.97 Å². The molecule has 0 saturated carbocycles. The predicted molar refractivity (Wildman–Crippen MR) is 89.1 cm³/mol. The summed E-state index contributed by atoms with van der Waals surface area (Å²) in [6.45, 7) is 1.68. The van der Waals surface area contributed by atoms with Gasteiger partial charge in [0.2, 0.25) is 0 Å². The van der Waals surface area contributed by atoms with Crippen molar-refractivity contribution >= 4 is 40.1 Å². The van der Waals surface area contributed by atoms with Crippen molar-refractivity contribution in [3.63, 3.8) is 0 Å². The van der Waals surface area contributed by atoms with Crippen LogP contribution in [0, 0.1) is 6.92 Å². The van der Waals surface area contributed by atoms with E-state index in [2.05, 4.69) is 4.98 Å². The maximum absolute atomic E-state index is 12.8. The number of aromatic carboxylic acids is 1. The highest BCUT2D eigenvalue weighted by atomic mass is 35.5. The van der Waals surface area contributed by atoms with E-state index >= 15 is 0 Å². The van der Waals surface area contributed by atoms with Gasteiger partial charge in [0.1, 0.15) is 5.82 Å². The van der Waals surface area contributed by atoms with Gasteiger partial charge in [-0.05, 0) is 43.3 Å². The molecule has 2 aromatic carbocycles. The SMILES string of the molecule is Cc1nc2c(Cl)cc(Cl)cc2c(=O)n1-c1ccc(C(=O)O)cc1. The molecule has 1 aromatic heterocycles. The van der Waals surface area contributed by atoms with Crippen molar-refractivity contribution in [2.45, 2.75) is 6.92 Å². The van der Waals surface area contributed by atoms with E-state index in [1.165, 1.54) is 28.8 Å². The minimum absolute atomic E-state index is 0.138. The lowest BCUT2D eigenvalue weighted by Crippen LogP contribution is -2.22. The number of nitrogens with zero attached hydrogens (tertiary/aromatic N) is 2. The van der Waals surface area contributed by atoms with Gasteiger partial charge in [0, 0.05) is 5.02 Å². The molecule has 5 nitrogen and oxygen atoms in total. The second kappa shape index (κ2) is 5.68. The first kappa shape index (κ1) is 15.5. The van der Waals surface area contributed by atoms with E-state index in [0.717, 1.165) is 0 Å². The number of hydrogen-bond acceptors (Lipinski definition) is 3. The minimum Gasteiger partial charge on any atom is -0.478 e. The standard InChI is InChI=1S/C16H10Cl2N2O3/c1-8-19-14-12(6-10(17)7-13(14)18)15(21)20(8)11-4-2-9(3-5-11)16(22)23/h2-7H,1H3,(H,22,23). The van der Waals surface area contributed by atoms with Crippen LogP contribution in [0.3, 0.4) is 0 Å². The summed E-state index contributed by atoms with van der Waals surface area (Å²) in [6, 6.07) is 9.01. The van der Waals surface area contributed by atoms with Gasteiger partial charge < -0.3 is 5.11 Å². The van der Waals surface area contributed by atoms with Crippen LogP contribution < -0.4 is 5.56 Å². The number of hydrogen-bond donors (Lipinski definition) is 1. The summed E-state index contributed by atoms with van der Waals surface area (Å²) in [4.78, 5) is 28.1. The highest BCUT2D eigenvalue weighted by molar-refractivity contribution is 6.38. The average molecular weight is 349 g/mol. The number of rotatable bonds is 2. The molecule has 0 radical (unpaired) electrons. The van der Waals surface area contributed by atoms with E-state index in [4.69, 9.17) is 28.3 Å². The fraction of sp³-hybridized carbons (Fsp3) is 0.0625. The van der Waals surface area contributed by atoms with Gasteiger partial charge in [-0.15, -0.1) is 0 Å². The van der Waals surface area contributed by atoms with Crippen LogP contribution in [0.4, 0.5) is 0 Å². The molecule has 3 aromatic rings. The molecule has 116 valence electrons. The van der Waals surface area contributed by atoms with Gasteiger partial charge in [0.25, 0.3) is 5.56 Å². The third-order valence-corrected chi connectivity index (χ3v) is 3.94. The van der Waals surface area contributed by atoms with E-state index in [0.29, 0.717) is 32.5 Å². The zero-order chi connectivity index (χ0) is 16.7. The summed E-state index contributed by atoms with van der Waals surface area (Å²) in [5.74, 6) is -0.592. The molecule has 0 unspecified atom stereocenters. The van der Waals surface area contributed by atoms with Crippen LogP contribution in [-0.2, 0) is 0 Å². The summed E-state index contributed by atoms with van der Waals surface area (Å²) in [5, 5.41) is 9.90. The molecule has 0 amide bonds. The maximum Gasteiger partial charge on any atom is 0.335 e. The quantitative estimate of drug-likeness (QED) is 0.766. The molecule has 1 heterocycles. The second-order valence-electron chi connectivity index (χ2n) is 4.94. The van der Waals surface area contributed by atoms with Gasteiger partial charge in [-0.2, -0.15) is 0 Å². The fourth-order valence-electron chi connectivity index (χ4n) is 2.38. The van der Waals surface area contributed by atoms with E-state index in [9.17, 15) is 9.59 Å². The number of carboxylic acid groups (broad SMARTS) is 1. The smallest absolute Gasteiger partial charge is 0.335 e. The summed E-state index contributed by atoms with van der Waals surface area (Å²) in [7, 11) is 0. The zero-order valence-corrected chi connectivity index (χ0v) is 13.4. The molecular formula is C16H10Cl2N2O3. The van der Waals surface area contributed by atoms with Crippen molar-refractivity contribution in [3.05, 3.63) is 68.2 Å². The largest absolute Gasteiger partial charge is 0.478 e. The number of carboxylic acids is 1. The van der Waals surface area contributed by atoms with E-state index in [-0.39, 0.29) is 11.1 Å². The Kier molecular flexibility index (Phi) is 3.83. The molecule has 7 heteroatoms. The molecule has 0 bridgehead atoms. The first-order valence-corrected chi connectivity index (χ1v) is 7.36. The van der Waals surface area contributed by atoms with Gasteiger partial charge in [0.15, 0.2) is 0 Å². The summed E-state index contributed by atoms with van der Waals surface area (Å²) in [5.41, 5.74) is 0.722. The first-order chi connectivity index (χ1) is 10.9. The first-order valence-electron chi connectivity index (χ1n) is 6.60. The van der Waals surface area contributed by atoms with Crippen LogP contribution in [0.15, 0.2) is 41.2 Å². The molecule has 23 heavy (non-hydrogen) atoms. The third kappa shape index (κ3) is 2.69. The maximum atomic E-state index is 12.8. The van der Waals surface area contributed by atoms with Crippen LogP contribution in [0.25, 0.3) is 16.6 Å². The molecule has 0 atom stereocenters. The van der Waals surface area contributed by atoms with Crippen LogP contribution in [-0.4, -0.2) is 20.6 Å². The van der Waals surface area contributed by atoms with E-state index in [1.54, 1.807) is 19.1 Å². The molecule has 1 N–H and O–H groups in total. The van der Waals surface area contributed by atoms with Gasteiger partial charge in [-0.3, -0.25) is 9.36 Å². The van der Waals surface area contributed by atoms with Crippen molar-refractivity contribution < 1.29 is 9.90 Å². The van der Waals surface area contributed by atoms with Crippen molar-refractivity contribution in [2.24, 2.45) is 0 Å². The van der Waals surface area contributed by atoms with Gasteiger partial charge in [0.05, 0.1) is 27.2 Å². The summed E-state index contributed by atoms with van der Waals surface area (Å²) >= 11 is 12.1. The number of aromatic nitrogens is 2. The monoisotopic (exact) mass is 348 g/mol. The van der Waals surface area contributed by atoms with Crippen molar-refractivity contribution in [1.29, 1.82) is 0 Å². The Bertz CT molecular complexity index is 995. The molecule has 3 rings (SSSR count). The Hall–Kier alpha value is -2.37. The highest BCUT2D eigenvalue weighted by Gasteiger charge is 2.13. The fourth-order valence-corrected chi connectivity index (χ4v) is 2.91. The lowest BCUT2D eigenvalue weighted by Gasteiger charge is -2.12. The van der Waals surface area contributed by atoms with E-state index in [1.807, 2.05) is 0 Å². The number of benzene rings is 2. The Labute approximate surface area is 140 Å². The normalized spacial score (nSPS) is 10.9. The van der Waals surface area contributed by atoms with Crippen LogP contribution >= 0.6 is 23.2 Å². The van der Waals surface area contributed by atoms with Crippen LogP contribution in [0.1, 0.15) is 16.2 Å². The Morgan fingerprint density at radius 3 is 2.43 bits per heavy atom. The topological polar surface area (TPSA) is 72.2 Å². The molecule has 0 aliphatic rings. The molecule has 0 aliphatic heterocycles. The Balaban J connectivity index is 2.29. The molecule has 0 saturated heterocycles. The molecular weight excluding hydrogens is 339 g/mol. The second-order valence-corrected chi connectivity index (χ2v) is 5.78. The zero-order valence-electron chi connectivity index (χ0n) is 11.9. The van der Waals surface area contributed by atoms with E-state index < -0.39 is 5.97 Å². The third-order valence-electron chi connectivity index (χ3n) is 3.43. The number of carbonyl (C=O) groups is 1. The van der Waals surface area contributed by atoms with Crippen molar-refractivity contribution in [3.8, 4) is 5.69 Å². The Morgan fingerprint density at radius 1 is 1.17 bits per heavy atom. The average Bonchev–Trinajstić information content (AvgIpc) is 2.49. The molecule has 0 spiro atoms. The number of aryl methyl sites for hydroxylation is 1. The lowest BCUT2D eigenvalue weighted by molar-refractivity contribution is 0.0697.